The van der Waals surface area contributed by atoms with Crippen molar-refractivity contribution in [2.45, 2.75) is 32.4 Å². The molecule has 2 heterocycles. The summed E-state index contributed by atoms with van der Waals surface area (Å²) in [6.07, 6.45) is 4.43. The molecule has 2 aromatic rings. The van der Waals surface area contributed by atoms with E-state index in [-0.39, 0.29) is 11.8 Å². The van der Waals surface area contributed by atoms with E-state index in [0.29, 0.717) is 13.0 Å². The second-order valence-electron chi connectivity index (χ2n) is 5.59. The molecule has 0 radical (unpaired) electrons. The topological polar surface area (TPSA) is 80.1 Å². The zero-order chi connectivity index (χ0) is 16.2. The van der Waals surface area contributed by atoms with Crippen molar-refractivity contribution in [2.75, 3.05) is 11.4 Å². The number of anilines is 1. The Bertz CT molecular complexity index is 698. The lowest BCUT2D eigenvalue weighted by Gasteiger charge is -2.17. The van der Waals surface area contributed by atoms with Crippen molar-refractivity contribution in [3.8, 4) is 0 Å². The van der Waals surface area contributed by atoms with Gasteiger partial charge in [-0.25, -0.2) is 9.67 Å². The van der Waals surface area contributed by atoms with E-state index in [9.17, 15) is 9.59 Å². The van der Waals surface area contributed by atoms with E-state index in [4.69, 9.17) is 0 Å². The summed E-state index contributed by atoms with van der Waals surface area (Å²) in [5.74, 6) is 0.0316. The molecule has 0 unspecified atom stereocenters. The van der Waals surface area contributed by atoms with Gasteiger partial charge >= 0.3 is 0 Å². The molecule has 0 spiro atoms. The first-order chi connectivity index (χ1) is 11.1. The molecule has 7 heteroatoms. The fourth-order valence-corrected chi connectivity index (χ4v) is 2.63. The first-order valence-corrected chi connectivity index (χ1v) is 7.66. The van der Waals surface area contributed by atoms with Gasteiger partial charge in [0.05, 0.1) is 0 Å². The van der Waals surface area contributed by atoms with Crippen LogP contribution in [0.2, 0.25) is 0 Å². The van der Waals surface area contributed by atoms with Gasteiger partial charge in [-0.15, -0.1) is 0 Å². The molecule has 3 rings (SSSR count). The second kappa shape index (κ2) is 6.60. The van der Waals surface area contributed by atoms with E-state index in [0.717, 1.165) is 24.2 Å². The Kier molecular flexibility index (Phi) is 4.36. The maximum Gasteiger partial charge on any atom is 0.244 e. The fraction of sp³-hybridized carbons (Fsp3) is 0.375. The number of hydrogen-bond donors (Lipinski definition) is 1. The van der Waals surface area contributed by atoms with Crippen LogP contribution < -0.4 is 10.2 Å². The van der Waals surface area contributed by atoms with Gasteiger partial charge in [0.2, 0.25) is 11.8 Å². The highest BCUT2D eigenvalue weighted by molar-refractivity contribution is 5.95. The smallest absolute Gasteiger partial charge is 0.244 e. The van der Waals surface area contributed by atoms with E-state index < -0.39 is 6.04 Å². The van der Waals surface area contributed by atoms with E-state index in [1.54, 1.807) is 11.8 Å². The van der Waals surface area contributed by atoms with Gasteiger partial charge in [0, 0.05) is 25.2 Å². The Labute approximate surface area is 134 Å². The third-order valence-electron chi connectivity index (χ3n) is 3.98. The van der Waals surface area contributed by atoms with Crippen LogP contribution in [0.5, 0.6) is 0 Å². The molecule has 0 aliphatic carbocycles. The molecule has 1 aromatic heterocycles. The predicted molar refractivity (Wildman–Crippen MR) is 84.6 cm³/mol. The van der Waals surface area contributed by atoms with Gasteiger partial charge in [0.1, 0.15) is 18.7 Å². The lowest BCUT2D eigenvalue weighted by molar-refractivity contribution is -0.124. The van der Waals surface area contributed by atoms with Crippen molar-refractivity contribution in [2.24, 2.45) is 0 Å². The van der Waals surface area contributed by atoms with Crippen LogP contribution in [-0.2, 0) is 16.1 Å². The fourth-order valence-electron chi connectivity index (χ4n) is 2.63. The van der Waals surface area contributed by atoms with Gasteiger partial charge in [0.25, 0.3) is 0 Å². The third-order valence-corrected chi connectivity index (χ3v) is 3.98. The number of nitrogens with zero attached hydrogens (tertiary/aromatic N) is 4. The number of carbonyl (C=O) groups is 2. The maximum absolute atomic E-state index is 12.1. The van der Waals surface area contributed by atoms with Gasteiger partial charge in [-0.1, -0.05) is 12.1 Å². The van der Waals surface area contributed by atoms with Crippen molar-refractivity contribution in [1.29, 1.82) is 0 Å². The van der Waals surface area contributed by atoms with Crippen LogP contribution in [-0.4, -0.2) is 33.1 Å². The monoisotopic (exact) mass is 313 g/mol. The molecular weight excluding hydrogens is 294 g/mol. The zero-order valence-corrected chi connectivity index (χ0v) is 13.0. The standard InChI is InChI=1S/C16H19N5O2/c1-12(21-11-17-10-19-21)16(23)18-9-13-4-2-5-14(8-13)20-7-3-6-15(20)22/h2,4-5,8,10-12H,3,6-7,9H2,1H3,(H,18,23)/t12-/m1/s1. The number of hydrogen-bond acceptors (Lipinski definition) is 4. The highest BCUT2D eigenvalue weighted by Gasteiger charge is 2.21. The van der Waals surface area contributed by atoms with Crippen molar-refractivity contribution < 1.29 is 9.59 Å². The summed E-state index contributed by atoms with van der Waals surface area (Å²) in [4.78, 5) is 29.6. The molecule has 1 aliphatic heterocycles. The number of aromatic nitrogens is 3. The normalized spacial score (nSPS) is 15.7. The van der Waals surface area contributed by atoms with Gasteiger partial charge < -0.3 is 10.2 Å². The van der Waals surface area contributed by atoms with Gasteiger partial charge in [-0.3, -0.25) is 9.59 Å². The van der Waals surface area contributed by atoms with Crippen molar-refractivity contribution >= 4 is 17.5 Å². The number of benzene rings is 1. The Morgan fingerprint density at radius 1 is 1.43 bits per heavy atom. The van der Waals surface area contributed by atoms with Crippen LogP contribution in [0.1, 0.15) is 31.4 Å². The summed E-state index contributed by atoms with van der Waals surface area (Å²) in [5, 5.41) is 6.85. The zero-order valence-electron chi connectivity index (χ0n) is 13.0. The number of nitrogens with one attached hydrogen (secondary N) is 1. The summed E-state index contributed by atoms with van der Waals surface area (Å²) in [5.41, 5.74) is 1.85. The molecule has 2 amide bonds. The molecule has 1 fully saturated rings. The third kappa shape index (κ3) is 3.39. The van der Waals surface area contributed by atoms with Gasteiger partial charge in [-0.05, 0) is 31.0 Å². The minimum atomic E-state index is -0.416. The SMILES string of the molecule is C[C@H](C(=O)NCc1cccc(N2CCCC2=O)c1)n1cncn1. The number of carbonyl (C=O) groups excluding carboxylic acids is 2. The summed E-state index contributed by atoms with van der Waals surface area (Å²) in [7, 11) is 0. The summed E-state index contributed by atoms with van der Waals surface area (Å²) >= 11 is 0. The van der Waals surface area contributed by atoms with Gasteiger partial charge in [0.15, 0.2) is 0 Å². The lowest BCUT2D eigenvalue weighted by Crippen LogP contribution is -2.31. The quantitative estimate of drug-likeness (QED) is 0.902. The minimum Gasteiger partial charge on any atom is -0.350 e. The largest absolute Gasteiger partial charge is 0.350 e. The molecule has 1 atom stereocenters. The average Bonchev–Trinajstić information content (AvgIpc) is 3.23. The Morgan fingerprint density at radius 2 is 2.30 bits per heavy atom. The van der Waals surface area contributed by atoms with Crippen LogP contribution >= 0.6 is 0 Å². The maximum atomic E-state index is 12.1. The first-order valence-electron chi connectivity index (χ1n) is 7.66. The Hall–Kier alpha value is -2.70. The predicted octanol–water partition coefficient (Wildman–Crippen LogP) is 1.28. The van der Waals surface area contributed by atoms with Crippen LogP contribution in [0, 0.1) is 0 Å². The molecule has 1 N–H and O–H groups in total. The molecule has 0 bridgehead atoms. The van der Waals surface area contributed by atoms with Crippen LogP contribution in [0.3, 0.4) is 0 Å². The average molecular weight is 313 g/mol. The molecule has 1 aliphatic rings. The number of amides is 2. The molecule has 0 saturated carbocycles. The van der Waals surface area contributed by atoms with E-state index in [1.807, 2.05) is 24.3 Å². The lowest BCUT2D eigenvalue weighted by atomic mass is 10.2. The van der Waals surface area contributed by atoms with Crippen molar-refractivity contribution in [3.63, 3.8) is 0 Å². The minimum absolute atomic E-state index is 0.127. The molecule has 1 aromatic carbocycles. The Balaban J connectivity index is 1.62. The Morgan fingerprint density at radius 3 is 3.00 bits per heavy atom. The highest BCUT2D eigenvalue weighted by atomic mass is 16.2. The van der Waals surface area contributed by atoms with E-state index in [2.05, 4.69) is 15.4 Å². The molecule has 23 heavy (non-hydrogen) atoms. The highest BCUT2D eigenvalue weighted by Crippen LogP contribution is 2.22. The first kappa shape index (κ1) is 15.2. The molecule has 120 valence electrons. The van der Waals surface area contributed by atoms with Crippen LogP contribution in [0.4, 0.5) is 5.69 Å². The van der Waals surface area contributed by atoms with E-state index in [1.165, 1.54) is 17.3 Å². The molecule has 1 saturated heterocycles. The second-order valence-corrected chi connectivity index (χ2v) is 5.59. The molecule has 7 nitrogen and oxygen atoms in total. The van der Waals surface area contributed by atoms with Crippen LogP contribution in [0.15, 0.2) is 36.9 Å². The van der Waals surface area contributed by atoms with Gasteiger partial charge in [-0.2, -0.15) is 5.10 Å². The van der Waals surface area contributed by atoms with Crippen molar-refractivity contribution in [3.05, 3.63) is 42.5 Å². The summed E-state index contributed by atoms with van der Waals surface area (Å²) in [6, 6.07) is 7.30. The summed E-state index contributed by atoms with van der Waals surface area (Å²) in [6.45, 7) is 2.94. The number of rotatable bonds is 5. The van der Waals surface area contributed by atoms with E-state index >= 15 is 0 Å². The molecular formula is C16H19N5O2. The van der Waals surface area contributed by atoms with Crippen LogP contribution in [0.25, 0.3) is 0 Å². The summed E-state index contributed by atoms with van der Waals surface area (Å²) < 4.78 is 1.51. The van der Waals surface area contributed by atoms with Crippen molar-refractivity contribution in [1.82, 2.24) is 20.1 Å².